The van der Waals surface area contributed by atoms with Crippen LogP contribution in [0, 0.1) is 0 Å². The maximum absolute atomic E-state index is 5.68. The number of furan rings is 1. The Balaban J connectivity index is 2.92. The monoisotopic (exact) mass is 167 g/mol. The molecule has 0 spiro atoms. The molecule has 2 nitrogen and oxygen atoms in total. The van der Waals surface area contributed by atoms with Crippen molar-refractivity contribution in [3.63, 3.8) is 0 Å². The Morgan fingerprint density at radius 1 is 1.42 bits per heavy atom. The van der Waals surface area contributed by atoms with Crippen molar-refractivity contribution in [3.8, 4) is 0 Å². The molecule has 2 N–H and O–H groups in total. The van der Waals surface area contributed by atoms with Crippen molar-refractivity contribution in [2.24, 2.45) is 5.73 Å². The van der Waals surface area contributed by atoms with E-state index < -0.39 is 0 Å². The Morgan fingerprint density at radius 2 is 2.00 bits per heavy atom. The van der Waals surface area contributed by atoms with Crippen molar-refractivity contribution in [3.05, 3.63) is 23.7 Å². The lowest BCUT2D eigenvalue weighted by atomic mass is 9.89. The van der Waals surface area contributed by atoms with E-state index in [9.17, 15) is 0 Å². The van der Waals surface area contributed by atoms with E-state index in [1.807, 2.05) is 13.0 Å². The van der Waals surface area contributed by atoms with Crippen LogP contribution >= 0.6 is 0 Å². The van der Waals surface area contributed by atoms with Crippen LogP contribution in [0.25, 0.3) is 0 Å². The van der Waals surface area contributed by atoms with Gasteiger partial charge in [-0.1, -0.05) is 20.8 Å². The van der Waals surface area contributed by atoms with Gasteiger partial charge < -0.3 is 10.2 Å². The molecule has 0 radical (unpaired) electrons. The largest absolute Gasteiger partial charge is 0.467 e. The first-order valence-corrected chi connectivity index (χ1v) is 4.26. The molecule has 1 aromatic rings. The number of hydrogen-bond acceptors (Lipinski definition) is 2. The molecule has 1 aromatic heterocycles. The lowest BCUT2D eigenvalue weighted by Crippen LogP contribution is -2.09. The minimum absolute atomic E-state index is 0.0129. The first-order valence-electron chi connectivity index (χ1n) is 4.26. The van der Waals surface area contributed by atoms with E-state index >= 15 is 0 Å². The summed E-state index contributed by atoms with van der Waals surface area (Å²) in [5.41, 5.74) is 7.03. The van der Waals surface area contributed by atoms with Gasteiger partial charge in [0, 0.05) is 0 Å². The lowest BCUT2D eigenvalue weighted by Gasteiger charge is -2.14. The van der Waals surface area contributed by atoms with Crippen molar-refractivity contribution < 1.29 is 4.42 Å². The minimum atomic E-state index is -0.0129. The lowest BCUT2D eigenvalue weighted by molar-refractivity contribution is 0.473. The molecule has 0 saturated heterocycles. The summed E-state index contributed by atoms with van der Waals surface area (Å²) >= 11 is 0. The highest BCUT2D eigenvalue weighted by Gasteiger charge is 2.17. The molecule has 0 fully saturated rings. The molecule has 2 heteroatoms. The molecule has 0 saturated carbocycles. The summed E-state index contributed by atoms with van der Waals surface area (Å²) < 4.78 is 5.33. The molecule has 0 aromatic carbocycles. The fourth-order valence-corrected chi connectivity index (χ4v) is 0.985. The number of hydrogen-bond donors (Lipinski definition) is 1. The highest BCUT2D eigenvalue weighted by atomic mass is 16.3. The zero-order valence-corrected chi connectivity index (χ0v) is 8.22. The predicted octanol–water partition coefficient (Wildman–Crippen LogP) is 2.60. The fourth-order valence-electron chi connectivity index (χ4n) is 0.985. The standard InChI is InChI=1S/C10H17NO/c1-7(11)9-5-8(6-12-9)10(2,3)4/h5-7H,11H2,1-4H3/t7-/m1/s1. The van der Waals surface area contributed by atoms with E-state index in [0.717, 1.165) is 5.76 Å². The van der Waals surface area contributed by atoms with Gasteiger partial charge in [0.15, 0.2) is 0 Å². The van der Waals surface area contributed by atoms with Gasteiger partial charge in [-0.05, 0) is 24.0 Å². The van der Waals surface area contributed by atoms with Crippen LogP contribution in [-0.2, 0) is 5.41 Å². The molecular weight excluding hydrogens is 150 g/mol. The molecule has 1 rings (SSSR count). The molecule has 0 aliphatic carbocycles. The molecule has 0 unspecified atom stereocenters. The van der Waals surface area contributed by atoms with Crippen LogP contribution in [0.2, 0.25) is 0 Å². The van der Waals surface area contributed by atoms with Crippen LogP contribution in [0.5, 0.6) is 0 Å². The van der Waals surface area contributed by atoms with E-state index in [4.69, 9.17) is 10.2 Å². The highest BCUT2D eigenvalue weighted by molar-refractivity contribution is 5.22. The van der Waals surface area contributed by atoms with Crippen molar-refractivity contribution in [2.45, 2.75) is 39.2 Å². The Bertz CT molecular complexity index is 255. The zero-order valence-electron chi connectivity index (χ0n) is 8.22. The highest BCUT2D eigenvalue weighted by Crippen LogP contribution is 2.25. The summed E-state index contributed by atoms with van der Waals surface area (Å²) in [5.74, 6) is 0.861. The van der Waals surface area contributed by atoms with Gasteiger partial charge in [-0.15, -0.1) is 0 Å². The Labute approximate surface area is 73.8 Å². The van der Waals surface area contributed by atoms with Crippen LogP contribution in [-0.4, -0.2) is 0 Å². The molecule has 0 amide bonds. The van der Waals surface area contributed by atoms with E-state index in [1.54, 1.807) is 6.26 Å². The average molecular weight is 167 g/mol. The molecule has 0 aliphatic heterocycles. The summed E-state index contributed by atoms with van der Waals surface area (Å²) in [6, 6.07) is 2.02. The van der Waals surface area contributed by atoms with Crippen LogP contribution < -0.4 is 5.73 Å². The van der Waals surface area contributed by atoms with Gasteiger partial charge in [-0.2, -0.15) is 0 Å². The molecule has 1 atom stereocenters. The summed E-state index contributed by atoms with van der Waals surface area (Å²) in [6.45, 7) is 8.39. The van der Waals surface area contributed by atoms with E-state index in [1.165, 1.54) is 5.56 Å². The van der Waals surface area contributed by atoms with Crippen molar-refractivity contribution in [2.75, 3.05) is 0 Å². The van der Waals surface area contributed by atoms with Crippen molar-refractivity contribution >= 4 is 0 Å². The van der Waals surface area contributed by atoms with E-state index in [0.29, 0.717) is 0 Å². The fraction of sp³-hybridized carbons (Fsp3) is 0.600. The minimum Gasteiger partial charge on any atom is -0.467 e. The summed E-state index contributed by atoms with van der Waals surface area (Å²) in [7, 11) is 0. The van der Waals surface area contributed by atoms with Gasteiger partial charge in [0.2, 0.25) is 0 Å². The quantitative estimate of drug-likeness (QED) is 0.698. The second-order valence-electron chi connectivity index (χ2n) is 4.28. The summed E-state index contributed by atoms with van der Waals surface area (Å²) in [5, 5.41) is 0. The topological polar surface area (TPSA) is 39.2 Å². The average Bonchev–Trinajstić information content (AvgIpc) is 2.30. The third-order valence-corrected chi connectivity index (χ3v) is 1.93. The molecule has 0 aliphatic rings. The third-order valence-electron chi connectivity index (χ3n) is 1.93. The van der Waals surface area contributed by atoms with Gasteiger partial charge in [0.1, 0.15) is 5.76 Å². The molecule has 1 heterocycles. The summed E-state index contributed by atoms with van der Waals surface area (Å²) in [6.07, 6.45) is 1.79. The van der Waals surface area contributed by atoms with Gasteiger partial charge in [0.05, 0.1) is 12.3 Å². The second kappa shape index (κ2) is 2.94. The van der Waals surface area contributed by atoms with Crippen LogP contribution in [0.3, 0.4) is 0 Å². The first kappa shape index (κ1) is 9.33. The second-order valence-corrected chi connectivity index (χ2v) is 4.28. The van der Waals surface area contributed by atoms with Gasteiger partial charge in [0.25, 0.3) is 0 Å². The number of nitrogens with two attached hydrogens (primary N) is 1. The van der Waals surface area contributed by atoms with Gasteiger partial charge in [-0.25, -0.2) is 0 Å². The Hall–Kier alpha value is -0.760. The van der Waals surface area contributed by atoms with Crippen LogP contribution in [0.15, 0.2) is 16.7 Å². The van der Waals surface area contributed by atoms with E-state index in [2.05, 4.69) is 20.8 Å². The maximum Gasteiger partial charge on any atom is 0.120 e. The predicted molar refractivity (Wildman–Crippen MR) is 50.0 cm³/mol. The molecule has 0 bridgehead atoms. The Morgan fingerprint density at radius 3 is 2.25 bits per heavy atom. The smallest absolute Gasteiger partial charge is 0.120 e. The van der Waals surface area contributed by atoms with Crippen LogP contribution in [0.4, 0.5) is 0 Å². The van der Waals surface area contributed by atoms with E-state index in [-0.39, 0.29) is 11.5 Å². The SMILES string of the molecule is C[C@@H](N)c1cc(C(C)(C)C)co1. The molecule has 68 valence electrons. The summed E-state index contributed by atoms with van der Waals surface area (Å²) in [4.78, 5) is 0. The van der Waals surface area contributed by atoms with Crippen LogP contribution in [0.1, 0.15) is 45.1 Å². The molecular formula is C10H17NO. The first-order chi connectivity index (χ1) is 5.41. The normalized spacial score (nSPS) is 14.8. The van der Waals surface area contributed by atoms with Crippen molar-refractivity contribution in [1.82, 2.24) is 0 Å². The maximum atomic E-state index is 5.68. The number of rotatable bonds is 1. The Kier molecular flexibility index (Phi) is 2.29. The van der Waals surface area contributed by atoms with Gasteiger partial charge in [-0.3, -0.25) is 0 Å². The van der Waals surface area contributed by atoms with Gasteiger partial charge >= 0.3 is 0 Å². The van der Waals surface area contributed by atoms with Crippen molar-refractivity contribution in [1.29, 1.82) is 0 Å². The zero-order chi connectivity index (χ0) is 9.35. The third kappa shape index (κ3) is 1.89. The molecule has 12 heavy (non-hydrogen) atoms.